The lowest BCUT2D eigenvalue weighted by Gasteiger charge is -2.18. The van der Waals surface area contributed by atoms with Crippen LogP contribution in [0.2, 0.25) is 0 Å². The van der Waals surface area contributed by atoms with Crippen molar-refractivity contribution in [3.8, 4) is 22.9 Å². The van der Waals surface area contributed by atoms with Crippen LogP contribution < -0.4 is 14.8 Å². The first-order valence-corrected chi connectivity index (χ1v) is 9.87. The highest BCUT2D eigenvalue weighted by Gasteiger charge is 2.24. The molecule has 0 spiro atoms. The summed E-state index contributed by atoms with van der Waals surface area (Å²) >= 11 is 0. The second-order valence-corrected chi connectivity index (χ2v) is 7.11. The third-order valence-electron chi connectivity index (χ3n) is 4.51. The summed E-state index contributed by atoms with van der Waals surface area (Å²) in [5.74, 6) is 2.38. The van der Waals surface area contributed by atoms with Gasteiger partial charge < -0.3 is 19.3 Å². The second-order valence-electron chi connectivity index (χ2n) is 7.11. The maximum Gasteiger partial charge on any atom is 0.249 e. The minimum absolute atomic E-state index is 0.0873. The summed E-state index contributed by atoms with van der Waals surface area (Å²) < 4.78 is 16.2. The molecule has 3 aromatic rings. The van der Waals surface area contributed by atoms with Crippen molar-refractivity contribution in [3.05, 3.63) is 54.7 Å². The topological polar surface area (TPSA) is 99.4 Å². The van der Waals surface area contributed by atoms with Crippen molar-refractivity contribution >= 4 is 5.91 Å². The molecule has 1 unspecified atom stereocenters. The number of nitrogens with one attached hydrogen (secondary N) is 1. The summed E-state index contributed by atoms with van der Waals surface area (Å²) in [6.07, 6.45) is 4.27. The number of hydrogen-bond donors (Lipinski definition) is 1. The Balaban J connectivity index is 1.50. The molecule has 1 N–H and O–H groups in total. The highest BCUT2D eigenvalue weighted by molar-refractivity contribution is 5.76. The number of hydrogen-bond acceptors (Lipinski definition) is 7. The molecule has 0 aliphatic carbocycles. The molecule has 0 fully saturated rings. The van der Waals surface area contributed by atoms with Gasteiger partial charge in [-0.25, -0.2) is 0 Å². The Hall–Kier alpha value is -3.42. The fourth-order valence-corrected chi connectivity index (χ4v) is 2.83. The monoisotopic (exact) mass is 410 g/mol. The Morgan fingerprint density at radius 1 is 1.10 bits per heavy atom. The molecule has 3 rings (SSSR count). The molecule has 0 aliphatic heterocycles. The van der Waals surface area contributed by atoms with Gasteiger partial charge in [-0.3, -0.25) is 9.78 Å². The van der Waals surface area contributed by atoms with Crippen LogP contribution in [0.5, 0.6) is 11.5 Å². The molecule has 8 nitrogen and oxygen atoms in total. The lowest BCUT2D eigenvalue weighted by molar-refractivity contribution is -0.122. The van der Waals surface area contributed by atoms with E-state index in [9.17, 15) is 4.79 Å². The summed E-state index contributed by atoms with van der Waals surface area (Å²) in [5.41, 5.74) is 0.810. The zero-order valence-electron chi connectivity index (χ0n) is 17.4. The summed E-state index contributed by atoms with van der Waals surface area (Å²) in [6, 6.07) is 10.6. The first kappa shape index (κ1) is 21.3. The fourth-order valence-electron chi connectivity index (χ4n) is 2.83. The number of amides is 1. The Morgan fingerprint density at radius 2 is 1.80 bits per heavy atom. The highest BCUT2D eigenvalue weighted by Crippen LogP contribution is 2.23. The molecule has 0 aliphatic rings. The number of pyridine rings is 1. The lowest BCUT2D eigenvalue weighted by Crippen LogP contribution is -2.32. The number of benzene rings is 1. The van der Waals surface area contributed by atoms with E-state index in [0.29, 0.717) is 31.2 Å². The summed E-state index contributed by atoms with van der Waals surface area (Å²) in [7, 11) is 1.62. The van der Waals surface area contributed by atoms with Gasteiger partial charge in [0.05, 0.1) is 13.7 Å². The molecule has 0 radical (unpaired) electrons. The van der Waals surface area contributed by atoms with Gasteiger partial charge >= 0.3 is 0 Å². The highest BCUT2D eigenvalue weighted by atomic mass is 16.5. The van der Waals surface area contributed by atoms with Crippen LogP contribution >= 0.6 is 0 Å². The summed E-state index contributed by atoms with van der Waals surface area (Å²) in [5, 5.41) is 7.02. The van der Waals surface area contributed by atoms with Crippen molar-refractivity contribution in [2.24, 2.45) is 5.92 Å². The molecule has 0 saturated carbocycles. The van der Waals surface area contributed by atoms with Gasteiger partial charge in [-0.05, 0) is 48.7 Å². The first-order valence-electron chi connectivity index (χ1n) is 9.87. The number of methoxy groups -OCH3 is 1. The molecule has 1 amide bonds. The summed E-state index contributed by atoms with van der Waals surface area (Å²) in [6.45, 7) is 4.43. The van der Waals surface area contributed by atoms with Crippen molar-refractivity contribution in [1.82, 2.24) is 20.4 Å². The van der Waals surface area contributed by atoms with Crippen LogP contribution in [0.25, 0.3) is 11.4 Å². The van der Waals surface area contributed by atoms with Gasteiger partial charge in [-0.15, -0.1) is 0 Å². The number of carbonyl (C=O) groups excluding carboxylic acids is 1. The lowest BCUT2D eigenvalue weighted by atomic mass is 10.0. The van der Waals surface area contributed by atoms with Crippen molar-refractivity contribution in [2.75, 3.05) is 13.7 Å². The van der Waals surface area contributed by atoms with Crippen molar-refractivity contribution < 1.29 is 18.8 Å². The predicted octanol–water partition coefficient (Wildman–Crippen LogP) is 3.81. The maximum atomic E-state index is 12.4. The molecule has 0 saturated heterocycles. The number of rotatable bonds is 10. The van der Waals surface area contributed by atoms with E-state index in [1.54, 1.807) is 31.6 Å². The van der Waals surface area contributed by atoms with Crippen LogP contribution in [0, 0.1) is 5.92 Å². The Labute approximate surface area is 175 Å². The molecule has 2 aromatic heterocycles. The summed E-state index contributed by atoms with van der Waals surface area (Å²) in [4.78, 5) is 20.9. The molecule has 1 aromatic carbocycles. The Bertz CT molecular complexity index is 926. The standard InChI is InChI=1S/C22H26N4O4/c1-15(2)20(22-25-21(26-30-22)16-10-12-23-13-11-16)24-19(27)5-4-14-29-18-8-6-17(28-3)7-9-18/h6-13,15,20H,4-5,14H2,1-3H3,(H,24,27). The van der Waals surface area contributed by atoms with Crippen LogP contribution in [0.15, 0.2) is 53.3 Å². The van der Waals surface area contributed by atoms with E-state index in [-0.39, 0.29) is 17.9 Å². The average molecular weight is 410 g/mol. The van der Waals surface area contributed by atoms with Crippen LogP contribution in [-0.2, 0) is 4.79 Å². The van der Waals surface area contributed by atoms with Gasteiger partial charge in [-0.2, -0.15) is 4.98 Å². The maximum absolute atomic E-state index is 12.4. The van der Waals surface area contributed by atoms with E-state index in [4.69, 9.17) is 14.0 Å². The van der Waals surface area contributed by atoms with Crippen LogP contribution in [0.1, 0.15) is 38.6 Å². The minimum Gasteiger partial charge on any atom is -0.497 e. The van der Waals surface area contributed by atoms with Crippen molar-refractivity contribution in [3.63, 3.8) is 0 Å². The van der Waals surface area contributed by atoms with Gasteiger partial charge in [0, 0.05) is 24.4 Å². The SMILES string of the molecule is COc1ccc(OCCCC(=O)NC(c2nc(-c3ccncc3)no2)C(C)C)cc1. The third-order valence-corrected chi connectivity index (χ3v) is 4.51. The molecule has 30 heavy (non-hydrogen) atoms. The molecule has 1 atom stereocenters. The van der Waals surface area contributed by atoms with Crippen LogP contribution in [0.3, 0.4) is 0 Å². The molecule has 8 heteroatoms. The van der Waals surface area contributed by atoms with Gasteiger partial charge in [0.25, 0.3) is 0 Å². The fraction of sp³-hybridized carbons (Fsp3) is 0.364. The molecule has 158 valence electrons. The van der Waals surface area contributed by atoms with E-state index in [1.165, 1.54) is 0 Å². The van der Waals surface area contributed by atoms with E-state index >= 15 is 0 Å². The first-order chi connectivity index (χ1) is 14.6. The van der Waals surface area contributed by atoms with Gasteiger partial charge in [0.1, 0.15) is 17.5 Å². The molecule has 2 heterocycles. The van der Waals surface area contributed by atoms with Crippen LogP contribution in [-0.4, -0.2) is 34.7 Å². The number of carbonyl (C=O) groups is 1. The van der Waals surface area contributed by atoms with Crippen molar-refractivity contribution in [2.45, 2.75) is 32.7 Å². The zero-order chi connectivity index (χ0) is 21.3. The quantitative estimate of drug-likeness (QED) is 0.507. The molecule has 0 bridgehead atoms. The average Bonchev–Trinajstić information content (AvgIpc) is 3.26. The Kier molecular flexibility index (Phi) is 7.37. The normalized spacial score (nSPS) is 11.9. The van der Waals surface area contributed by atoms with E-state index in [0.717, 1.165) is 17.1 Å². The van der Waals surface area contributed by atoms with Gasteiger partial charge in [-0.1, -0.05) is 19.0 Å². The minimum atomic E-state index is -0.358. The van der Waals surface area contributed by atoms with E-state index < -0.39 is 0 Å². The largest absolute Gasteiger partial charge is 0.497 e. The predicted molar refractivity (Wildman–Crippen MR) is 111 cm³/mol. The van der Waals surface area contributed by atoms with Crippen LogP contribution in [0.4, 0.5) is 0 Å². The second kappa shape index (κ2) is 10.4. The third kappa shape index (κ3) is 5.79. The van der Waals surface area contributed by atoms with E-state index in [2.05, 4.69) is 20.4 Å². The number of ether oxygens (including phenoxy) is 2. The number of aromatic nitrogens is 3. The smallest absolute Gasteiger partial charge is 0.249 e. The van der Waals surface area contributed by atoms with E-state index in [1.807, 2.05) is 38.1 Å². The molecular formula is C22H26N4O4. The Morgan fingerprint density at radius 3 is 2.47 bits per heavy atom. The van der Waals surface area contributed by atoms with Crippen molar-refractivity contribution in [1.29, 1.82) is 0 Å². The molecular weight excluding hydrogens is 384 g/mol. The zero-order valence-corrected chi connectivity index (χ0v) is 17.4. The van der Waals surface area contributed by atoms with Gasteiger partial charge in [0.2, 0.25) is 17.6 Å². The number of nitrogens with zero attached hydrogens (tertiary/aromatic N) is 3. The van der Waals surface area contributed by atoms with Gasteiger partial charge in [0.15, 0.2) is 0 Å².